The van der Waals surface area contributed by atoms with Crippen LogP contribution >= 0.6 is 11.6 Å². The van der Waals surface area contributed by atoms with Crippen LogP contribution < -0.4 is 4.74 Å². The Hall–Kier alpha value is -2.11. The molecule has 0 spiro atoms. The van der Waals surface area contributed by atoms with Gasteiger partial charge in [0.25, 0.3) is 5.91 Å². The fraction of sp³-hybridized carbons (Fsp3) is 0.435. The second-order valence-electron chi connectivity index (χ2n) is 8.00. The number of halogens is 2. The summed E-state index contributed by atoms with van der Waals surface area (Å²) in [7, 11) is 0. The van der Waals surface area contributed by atoms with Crippen molar-refractivity contribution < 1.29 is 13.9 Å². The Morgan fingerprint density at radius 1 is 1.14 bits per heavy atom. The highest BCUT2D eigenvalue weighted by Gasteiger charge is 2.35. The van der Waals surface area contributed by atoms with Gasteiger partial charge in [-0.1, -0.05) is 37.6 Å². The Balaban J connectivity index is 1.63. The highest BCUT2D eigenvalue weighted by atomic mass is 35.5. The molecule has 4 nitrogen and oxygen atoms in total. The molecule has 2 aromatic carbocycles. The van der Waals surface area contributed by atoms with E-state index >= 15 is 0 Å². The molecule has 29 heavy (non-hydrogen) atoms. The monoisotopic (exact) mass is 418 g/mol. The standard InChI is InChI=1S/C23H28ClFN2O2/c1-16(2)22-14-27(23(28)15-29-21-10-6-19(24)7-11-21)17(3)12-26(22)13-18-4-8-20(25)9-5-18/h4-11,16-17,22H,12-15H2,1-3H3/t17-,22-/m1/s1. The SMILES string of the molecule is CC(C)[C@H]1CN(C(=O)COc2ccc(Cl)cc2)[C@H](C)CN1Cc1ccc(F)cc1. The van der Waals surface area contributed by atoms with Crippen molar-refractivity contribution in [3.8, 4) is 5.75 Å². The fourth-order valence-electron chi connectivity index (χ4n) is 3.82. The summed E-state index contributed by atoms with van der Waals surface area (Å²) >= 11 is 5.89. The molecule has 2 aromatic rings. The first-order valence-corrected chi connectivity index (χ1v) is 10.4. The fourth-order valence-corrected chi connectivity index (χ4v) is 3.94. The molecule has 1 saturated heterocycles. The summed E-state index contributed by atoms with van der Waals surface area (Å²) in [4.78, 5) is 17.1. The van der Waals surface area contributed by atoms with E-state index in [4.69, 9.17) is 16.3 Å². The lowest BCUT2D eigenvalue weighted by Crippen LogP contribution is -2.60. The van der Waals surface area contributed by atoms with E-state index in [1.807, 2.05) is 17.0 Å². The molecule has 0 aromatic heterocycles. The summed E-state index contributed by atoms with van der Waals surface area (Å²) < 4.78 is 18.9. The van der Waals surface area contributed by atoms with E-state index in [2.05, 4.69) is 25.7 Å². The van der Waals surface area contributed by atoms with Crippen LogP contribution in [0.1, 0.15) is 26.3 Å². The van der Waals surface area contributed by atoms with E-state index in [0.29, 0.717) is 23.2 Å². The van der Waals surface area contributed by atoms with Gasteiger partial charge in [0.1, 0.15) is 11.6 Å². The highest BCUT2D eigenvalue weighted by molar-refractivity contribution is 6.30. The topological polar surface area (TPSA) is 32.8 Å². The Kier molecular flexibility index (Phi) is 7.14. The summed E-state index contributed by atoms with van der Waals surface area (Å²) in [6.07, 6.45) is 0. The molecule has 6 heteroatoms. The second-order valence-corrected chi connectivity index (χ2v) is 8.44. The number of hydrogen-bond acceptors (Lipinski definition) is 3. The summed E-state index contributed by atoms with van der Waals surface area (Å²) in [5, 5.41) is 0.634. The molecule has 3 rings (SSSR count). The van der Waals surface area contributed by atoms with E-state index in [9.17, 15) is 9.18 Å². The lowest BCUT2D eigenvalue weighted by Gasteiger charge is -2.47. The number of nitrogens with zero attached hydrogens (tertiary/aromatic N) is 2. The van der Waals surface area contributed by atoms with E-state index in [0.717, 1.165) is 18.7 Å². The molecule has 1 fully saturated rings. The van der Waals surface area contributed by atoms with Crippen LogP contribution in [0.15, 0.2) is 48.5 Å². The maximum absolute atomic E-state index is 13.2. The predicted molar refractivity (Wildman–Crippen MR) is 114 cm³/mol. The van der Waals surface area contributed by atoms with Gasteiger partial charge in [-0.3, -0.25) is 9.69 Å². The van der Waals surface area contributed by atoms with E-state index in [-0.39, 0.29) is 30.4 Å². The van der Waals surface area contributed by atoms with Crippen LogP contribution in [0.5, 0.6) is 5.75 Å². The van der Waals surface area contributed by atoms with Crippen molar-refractivity contribution in [1.82, 2.24) is 9.80 Å². The molecule has 1 amide bonds. The minimum atomic E-state index is -0.223. The van der Waals surface area contributed by atoms with Crippen LogP contribution in [0, 0.1) is 11.7 Å². The quantitative estimate of drug-likeness (QED) is 0.686. The van der Waals surface area contributed by atoms with Gasteiger partial charge in [-0.25, -0.2) is 4.39 Å². The van der Waals surface area contributed by atoms with Crippen molar-refractivity contribution in [2.75, 3.05) is 19.7 Å². The number of benzene rings is 2. The summed E-state index contributed by atoms with van der Waals surface area (Å²) in [6.45, 7) is 8.59. The Bertz CT molecular complexity index is 811. The van der Waals surface area contributed by atoms with Crippen LogP contribution in [0.2, 0.25) is 5.02 Å². The minimum Gasteiger partial charge on any atom is -0.484 e. The average Bonchev–Trinajstić information content (AvgIpc) is 2.69. The predicted octanol–water partition coefficient (Wildman–Crippen LogP) is 4.62. The van der Waals surface area contributed by atoms with Gasteiger partial charge in [-0.05, 0) is 54.8 Å². The maximum Gasteiger partial charge on any atom is 0.260 e. The number of ether oxygens (including phenoxy) is 1. The van der Waals surface area contributed by atoms with Gasteiger partial charge in [0.2, 0.25) is 0 Å². The number of amides is 1. The first kappa shape index (κ1) is 21.6. The zero-order chi connectivity index (χ0) is 21.0. The molecule has 1 aliphatic rings. The molecule has 0 bridgehead atoms. The largest absolute Gasteiger partial charge is 0.484 e. The molecule has 1 heterocycles. The number of carbonyl (C=O) groups excluding carboxylic acids is 1. The van der Waals surface area contributed by atoms with Crippen molar-refractivity contribution in [3.05, 3.63) is 64.9 Å². The Morgan fingerprint density at radius 3 is 2.41 bits per heavy atom. The van der Waals surface area contributed by atoms with Crippen molar-refractivity contribution in [2.45, 2.75) is 39.4 Å². The smallest absolute Gasteiger partial charge is 0.260 e. The Morgan fingerprint density at radius 2 is 1.79 bits per heavy atom. The van der Waals surface area contributed by atoms with Crippen molar-refractivity contribution in [2.24, 2.45) is 5.92 Å². The first-order valence-electron chi connectivity index (χ1n) is 10.00. The summed E-state index contributed by atoms with van der Waals surface area (Å²) in [5.74, 6) is 0.777. The zero-order valence-electron chi connectivity index (χ0n) is 17.1. The lowest BCUT2D eigenvalue weighted by molar-refractivity contribution is -0.140. The van der Waals surface area contributed by atoms with Crippen LogP contribution in [-0.2, 0) is 11.3 Å². The minimum absolute atomic E-state index is 0.00868. The molecule has 2 atom stereocenters. The third-order valence-corrected chi connectivity index (χ3v) is 5.70. The molecule has 0 radical (unpaired) electrons. The van der Waals surface area contributed by atoms with Crippen molar-refractivity contribution in [1.29, 1.82) is 0 Å². The van der Waals surface area contributed by atoms with Crippen molar-refractivity contribution >= 4 is 17.5 Å². The van der Waals surface area contributed by atoms with Gasteiger partial charge >= 0.3 is 0 Å². The van der Waals surface area contributed by atoms with Crippen molar-refractivity contribution in [3.63, 3.8) is 0 Å². The van der Waals surface area contributed by atoms with Gasteiger partial charge in [-0.15, -0.1) is 0 Å². The molecule has 1 aliphatic heterocycles. The van der Waals surface area contributed by atoms with Crippen LogP contribution in [0.4, 0.5) is 4.39 Å². The van der Waals surface area contributed by atoms with E-state index < -0.39 is 0 Å². The van der Waals surface area contributed by atoms with Crippen LogP contribution in [0.25, 0.3) is 0 Å². The normalized spacial score (nSPS) is 20.1. The average molecular weight is 419 g/mol. The molecule has 0 unspecified atom stereocenters. The summed E-state index contributed by atoms with van der Waals surface area (Å²) in [5.41, 5.74) is 1.08. The molecular weight excluding hydrogens is 391 g/mol. The summed E-state index contributed by atoms with van der Waals surface area (Å²) in [6, 6.07) is 14.0. The number of piperazine rings is 1. The Labute approximate surface area is 177 Å². The molecule has 0 aliphatic carbocycles. The van der Waals surface area contributed by atoms with Crippen LogP contribution in [0.3, 0.4) is 0 Å². The lowest BCUT2D eigenvalue weighted by atomic mass is 9.96. The van der Waals surface area contributed by atoms with Gasteiger partial charge < -0.3 is 9.64 Å². The molecule has 0 N–H and O–H groups in total. The zero-order valence-corrected chi connectivity index (χ0v) is 17.9. The highest BCUT2D eigenvalue weighted by Crippen LogP contribution is 2.24. The first-order chi connectivity index (χ1) is 13.8. The molecular formula is C23H28ClFN2O2. The molecule has 0 saturated carbocycles. The van der Waals surface area contributed by atoms with Gasteiger partial charge in [0, 0.05) is 36.7 Å². The number of rotatable bonds is 6. The van der Waals surface area contributed by atoms with E-state index in [1.54, 1.807) is 24.3 Å². The van der Waals surface area contributed by atoms with Gasteiger partial charge in [0.15, 0.2) is 6.61 Å². The van der Waals surface area contributed by atoms with Crippen LogP contribution in [-0.4, -0.2) is 47.5 Å². The second kappa shape index (κ2) is 9.59. The number of hydrogen-bond donors (Lipinski definition) is 0. The van der Waals surface area contributed by atoms with Gasteiger partial charge in [0.05, 0.1) is 0 Å². The number of carbonyl (C=O) groups is 1. The van der Waals surface area contributed by atoms with Gasteiger partial charge in [-0.2, -0.15) is 0 Å². The third kappa shape index (κ3) is 5.71. The van der Waals surface area contributed by atoms with E-state index in [1.165, 1.54) is 12.1 Å². The third-order valence-electron chi connectivity index (χ3n) is 5.45. The maximum atomic E-state index is 13.2. The molecule has 156 valence electrons.